The van der Waals surface area contributed by atoms with Crippen molar-refractivity contribution in [2.24, 2.45) is 10.9 Å². The first kappa shape index (κ1) is 36.6. The summed E-state index contributed by atoms with van der Waals surface area (Å²) in [5.41, 5.74) is -3.82. The van der Waals surface area contributed by atoms with E-state index >= 15 is 0 Å². The predicted molar refractivity (Wildman–Crippen MR) is 151 cm³/mol. The Hall–Kier alpha value is -4.23. The van der Waals surface area contributed by atoms with Crippen molar-refractivity contribution in [2.75, 3.05) is 40.5 Å². The minimum absolute atomic E-state index is 0.0121. The van der Waals surface area contributed by atoms with E-state index < -0.39 is 83.0 Å². The first-order valence-corrected chi connectivity index (χ1v) is 14.4. The fourth-order valence-corrected chi connectivity index (χ4v) is 5.59. The Kier molecular flexibility index (Phi) is 11.4. The van der Waals surface area contributed by atoms with Crippen LogP contribution in [0.5, 0.6) is 0 Å². The molecule has 48 heavy (non-hydrogen) atoms. The summed E-state index contributed by atoms with van der Waals surface area (Å²) in [7, 11) is 2.30. The topological polar surface area (TPSA) is 134 Å². The van der Waals surface area contributed by atoms with E-state index in [4.69, 9.17) is 9.47 Å². The molecule has 3 unspecified atom stereocenters. The van der Waals surface area contributed by atoms with Gasteiger partial charge in [0.2, 0.25) is 0 Å². The van der Waals surface area contributed by atoms with E-state index in [0.717, 1.165) is 25.3 Å². The van der Waals surface area contributed by atoms with Crippen LogP contribution in [-0.4, -0.2) is 80.1 Å². The van der Waals surface area contributed by atoms with E-state index in [1.807, 2.05) is 0 Å². The number of urea groups is 2. The first-order chi connectivity index (χ1) is 22.6. The van der Waals surface area contributed by atoms with Crippen LogP contribution < -0.4 is 16.0 Å². The zero-order chi connectivity index (χ0) is 35.4. The summed E-state index contributed by atoms with van der Waals surface area (Å²) < 4.78 is 119. The number of ether oxygens (including phenoxy) is 2. The van der Waals surface area contributed by atoms with E-state index in [1.165, 1.54) is 7.11 Å². The summed E-state index contributed by atoms with van der Waals surface area (Å²) in [4.78, 5) is 46.9. The SMILES string of the molecule is COCC1=NC(=O)N(C(=O)NCCNC2CCNC(c3nc(C(F)(F)F)ccc3C(F)(F)F)C2)[C@@H](c2ccc(F)c(F)c2)C1C(=O)OC. The lowest BCUT2D eigenvalue weighted by Gasteiger charge is -2.37. The van der Waals surface area contributed by atoms with Gasteiger partial charge in [-0.3, -0.25) is 4.79 Å². The molecule has 1 aromatic heterocycles. The minimum atomic E-state index is -4.96. The number of pyridine rings is 1. The number of piperidine rings is 1. The van der Waals surface area contributed by atoms with E-state index in [9.17, 15) is 49.5 Å². The fraction of sp³-hybridized carbons (Fsp3) is 0.483. The van der Waals surface area contributed by atoms with Gasteiger partial charge in [-0.25, -0.2) is 28.3 Å². The number of hydrogen-bond acceptors (Lipinski definition) is 8. The van der Waals surface area contributed by atoms with Crippen molar-refractivity contribution >= 4 is 23.7 Å². The molecule has 11 nitrogen and oxygen atoms in total. The van der Waals surface area contributed by atoms with E-state index in [0.29, 0.717) is 17.4 Å². The first-order valence-electron chi connectivity index (χ1n) is 14.4. The molecule has 0 radical (unpaired) electrons. The summed E-state index contributed by atoms with van der Waals surface area (Å²) >= 11 is 0. The van der Waals surface area contributed by atoms with E-state index in [1.54, 1.807) is 0 Å². The summed E-state index contributed by atoms with van der Waals surface area (Å²) in [6, 6.07) is -2.25. The lowest BCUT2D eigenvalue weighted by molar-refractivity contribution is -0.145. The quantitative estimate of drug-likeness (QED) is 0.198. The Morgan fingerprint density at radius 1 is 1.02 bits per heavy atom. The molecule has 3 heterocycles. The Labute approximate surface area is 268 Å². The van der Waals surface area contributed by atoms with Gasteiger partial charge in [-0.1, -0.05) is 6.07 Å². The number of methoxy groups -OCH3 is 2. The van der Waals surface area contributed by atoms with Crippen LogP contribution in [0.4, 0.5) is 44.7 Å². The van der Waals surface area contributed by atoms with Gasteiger partial charge in [-0.2, -0.15) is 31.3 Å². The smallest absolute Gasteiger partial charge is 0.433 e. The molecule has 1 aromatic carbocycles. The maximum absolute atomic E-state index is 14.3. The number of halogens is 8. The molecule has 0 saturated carbocycles. The lowest BCUT2D eigenvalue weighted by atomic mass is 9.86. The van der Waals surface area contributed by atoms with Crippen molar-refractivity contribution in [2.45, 2.75) is 43.3 Å². The van der Waals surface area contributed by atoms with Gasteiger partial charge in [0.15, 0.2) is 11.6 Å². The number of carbonyl (C=O) groups excluding carboxylic acids is 3. The number of nitrogens with one attached hydrogen (secondary N) is 3. The molecule has 4 amide bonds. The number of alkyl halides is 6. The molecule has 1 fully saturated rings. The molecule has 3 N–H and O–H groups in total. The van der Waals surface area contributed by atoms with Crippen LogP contribution in [0.15, 0.2) is 35.3 Å². The van der Waals surface area contributed by atoms with Crippen LogP contribution in [0.2, 0.25) is 0 Å². The number of hydrogen-bond donors (Lipinski definition) is 3. The normalized spacial score (nSPS) is 21.9. The van der Waals surface area contributed by atoms with Crippen molar-refractivity contribution in [1.29, 1.82) is 0 Å². The van der Waals surface area contributed by atoms with Crippen molar-refractivity contribution in [3.05, 3.63) is 64.5 Å². The largest absolute Gasteiger partial charge is 0.468 e. The maximum atomic E-state index is 14.3. The van der Waals surface area contributed by atoms with Crippen LogP contribution in [0.25, 0.3) is 0 Å². The zero-order valence-electron chi connectivity index (χ0n) is 25.3. The molecule has 262 valence electrons. The third-order valence-electron chi connectivity index (χ3n) is 7.74. The highest BCUT2D eigenvalue weighted by Crippen LogP contribution is 2.39. The third kappa shape index (κ3) is 8.24. The number of nitrogens with zero attached hydrogens (tertiary/aromatic N) is 3. The summed E-state index contributed by atoms with van der Waals surface area (Å²) in [5, 5.41) is 8.24. The van der Waals surface area contributed by atoms with Gasteiger partial charge in [-0.05, 0) is 49.2 Å². The van der Waals surface area contributed by atoms with Crippen molar-refractivity contribution < 1.29 is 59.0 Å². The van der Waals surface area contributed by atoms with Gasteiger partial charge in [0, 0.05) is 26.2 Å². The number of esters is 1. The highest BCUT2D eigenvalue weighted by Gasteiger charge is 2.47. The Morgan fingerprint density at radius 3 is 2.38 bits per heavy atom. The monoisotopic (exact) mass is 694 g/mol. The number of imide groups is 1. The molecule has 0 spiro atoms. The fourth-order valence-electron chi connectivity index (χ4n) is 5.59. The zero-order valence-corrected chi connectivity index (χ0v) is 25.3. The minimum Gasteiger partial charge on any atom is -0.468 e. The predicted octanol–water partition coefficient (Wildman–Crippen LogP) is 4.54. The van der Waals surface area contributed by atoms with Crippen molar-refractivity contribution in [1.82, 2.24) is 25.8 Å². The molecule has 0 bridgehead atoms. The van der Waals surface area contributed by atoms with Crippen LogP contribution in [0.3, 0.4) is 0 Å². The van der Waals surface area contributed by atoms with Gasteiger partial charge in [-0.15, -0.1) is 0 Å². The molecule has 19 heteroatoms. The van der Waals surface area contributed by atoms with Crippen LogP contribution in [-0.2, 0) is 26.6 Å². The number of rotatable bonds is 9. The maximum Gasteiger partial charge on any atom is 0.433 e. The standard InChI is InChI=1S/C29H30F8N6O5/c1-47-13-20-22(25(44)48-2)24(14-3-5-17(30)18(31)11-14)43(27(46)41-20)26(45)40-10-9-38-15-7-8-39-19(12-15)23-16(28(32,33)34)4-6-21(42-23)29(35,36)37/h3-6,11,15,19,22,24,38-39H,7-10,12-13H2,1-2H3,(H,40,45)/t15?,19?,22?,24-/m0/s1. The number of aliphatic imine (C=N–C) groups is 1. The molecule has 2 aliphatic rings. The molecule has 1 saturated heterocycles. The number of aromatic nitrogens is 1. The second-order valence-electron chi connectivity index (χ2n) is 10.8. The van der Waals surface area contributed by atoms with Crippen LogP contribution in [0.1, 0.15) is 47.4 Å². The van der Waals surface area contributed by atoms with Gasteiger partial charge in [0.1, 0.15) is 11.6 Å². The van der Waals surface area contributed by atoms with Gasteiger partial charge >= 0.3 is 30.4 Å². The average Bonchev–Trinajstić information content (AvgIpc) is 3.03. The molecule has 2 aliphatic heterocycles. The molecule has 4 rings (SSSR count). The Morgan fingerprint density at radius 2 is 1.75 bits per heavy atom. The van der Waals surface area contributed by atoms with Crippen LogP contribution in [0, 0.1) is 17.6 Å². The number of benzene rings is 1. The molecule has 4 atom stereocenters. The number of amides is 4. The van der Waals surface area contributed by atoms with Crippen LogP contribution >= 0.6 is 0 Å². The highest BCUT2D eigenvalue weighted by atomic mass is 19.4. The van der Waals surface area contributed by atoms with Crippen molar-refractivity contribution in [3.8, 4) is 0 Å². The average molecular weight is 695 g/mol. The third-order valence-corrected chi connectivity index (χ3v) is 7.74. The van der Waals surface area contributed by atoms with Gasteiger partial charge < -0.3 is 25.4 Å². The summed E-state index contributed by atoms with van der Waals surface area (Å²) in [6.07, 6.45) is -9.63. The van der Waals surface area contributed by atoms with E-state index in [2.05, 4.69) is 25.9 Å². The summed E-state index contributed by atoms with van der Waals surface area (Å²) in [6.45, 7) is -0.391. The lowest BCUT2D eigenvalue weighted by Crippen LogP contribution is -2.54. The Bertz CT molecular complexity index is 1550. The number of carbonyl (C=O) groups is 3. The summed E-state index contributed by atoms with van der Waals surface area (Å²) in [5.74, 6) is -4.93. The van der Waals surface area contributed by atoms with Crippen molar-refractivity contribution in [3.63, 3.8) is 0 Å². The van der Waals surface area contributed by atoms with E-state index in [-0.39, 0.29) is 50.0 Å². The second-order valence-corrected chi connectivity index (χ2v) is 10.8. The van der Waals surface area contributed by atoms with Gasteiger partial charge in [0.25, 0.3) is 0 Å². The second kappa shape index (κ2) is 14.9. The molecular weight excluding hydrogens is 664 g/mol. The highest BCUT2D eigenvalue weighted by molar-refractivity contribution is 6.12. The molecule has 0 aliphatic carbocycles. The molecule has 2 aromatic rings. The Balaban J connectivity index is 1.48. The molecular formula is C29H30F8N6O5. The van der Waals surface area contributed by atoms with Gasteiger partial charge in [0.05, 0.1) is 42.8 Å².